The van der Waals surface area contributed by atoms with E-state index in [1.165, 1.54) is 0 Å². The number of ketones is 1. The van der Waals surface area contributed by atoms with Gasteiger partial charge in [-0.25, -0.2) is 0 Å². The summed E-state index contributed by atoms with van der Waals surface area (Å²) in [5.74, 6) is 0.444. The topological polar surface area (TPSA) is 42.0 Å². The molecule has 1 fully saturated rings. The summed E-state index contributed by atoms with van der Waals surface area (Å²) in [6, 6.07) is 3.66. The highest BCUT2D eigenvalue weighted by atomic mass is 16.1. The van der Waals surface area contributed by atoms with Gasteiger partial charge in [-0.3, -0.25) is 9.78 Å². The summed E-state index contributed by atoms with van der Waals surface area (Å²) >= 11 is 0. The Bertz CT molecular complexity index is 304. The highest BCUT2D eigenvalue weighted by Gasteiger charge is 2.21. The monoisotopic (exact) mass is 190 g/mol. The summed E-state index contributed by atoms with van der Waals surface area (Å²) in [7, 11) is 0. The molecule has 0 saturated carbocycles. The van der Waals surface area contributed by atoms with Gasteiger partial charge in [-0.1, -0.05) is 0 Å². The molecule has 1 N–H and O–H groups in total. The Morgan fingerprint density at radius 1 is 1.43 bits per heavy atom. The van der Waals surface area contributed by atoms with Crippen molar-refractivity contribution in [2.45, 2.75) is 12.8 Å². The molecule has 0 spiro atoms. The number of carbonyl (C=O) groups is 1. The van der Waals surface area contributed by atoms with Crippen LogP contribution in [-0.2, 0) is 0 Å². The first-order chi connectivity index (χ1) is 6.88. The van der Waals surface area contributed by atoms with Crippen molar-refractivity contribution < 1.29 is 4.79 Å². The third-order valence-electron chi connectivity index (χ3n) is 2.66. The Morgan fingerprint density at radius 2 is 2.21 bits per heavy atom. The van der Waals surface area contributed by atoms with Crippen LogP contribution in [0.15, 0.2) is 24.5 Å². The molecule has 74 valence electrons. The zero-order valence-electron chi connectivity index (χ0n) is 8.07. The maximum absolute atomic E-state index is 11.9. The first kappa shape index (κ1) is 9.34. The van der Waals surface area contributed by atoms with Gasteiger partial charge in [-0.15, -0.1) is 0 Å². The zero-order chi connectivity index (χ0) is 9.80. The lowest BCUT2D eigenvalue weighted by Gasteiger charge is -2.21. The van der Waals surface area contributed by atoms with Gasteiger partial charge < -0.3 is 5.32 Å². The molecule has 1 aliphatic heterocycles. The first-order valence-electron chi connectivity index (χ1n) is 5.03. The Balaban J connectivity index is 2.07. The number of hydrogen-bond donors (Lipinski definition) is 1. The van der Waals surface area contributed by atoms with Gasteiger partial charge in [0, 0.05) is 23.9 Å². The molecule has 14 heavy (non-hydrogen) atoms. The lowest BCUT2D eigenvalue weighted by molar-refractivity contribution is 0.0894. The molecule has 3 heteroatoms. The van der Waals surface area contributed by atoms with Crippen LogP contribution in [0.25, 0.3) is 0 Å². The SMILES string of the molecule is O=C(c1cccnc1)C1CCNCC1. The largest absolute Gasteiger partial charge is 0.317 e. The van der Waals surface area contributed by atoms with E-state index in [1.807, 2.05) is 12.1 Å². The van der Waals surface area contributed by atoms with E-state index in [-0.39, 0.29) is 11.7 Å². The Kier molecular flexibility index (Phi) is 2.89. The van der Waals surface area contributed by atoms with Crippen molar-refractivity contribution in [1.29, 1.82) is 0 Å². The lowest BCUT2D eigenvalue weighted by atomic mass is 9.90. The van der Waals surface area contributed by atoms with Gasteiger partial charge in [-0.05, 0) is 38.1 Å². The molecule has 0 atom stereocenters. The molecule has 0 bridgehead atoms. The van der Waals surface area contributed by atoms with E-state index >= 15 is 0 Å². The van der Waals surface area contributed by atoms with Gasteiger partial charge in [0.05, 0.1) is 0 Å². The van der Waals surface area contributed by atoms with Crippen molar-refractivity contribution in [2.75, 3.05) is 13.1 Å². The number of nitrogens with one attached hydrogen (secondary N) is 1. The number of nitrogens with zero attached hydrogens (tertiary/aromatic N) is 1. The number of rotatable bonds is 2. The van der Waals surface area contributed by atoms with E-state index in [4.69, 9.17) is 0 Å². The lowest BCUT2D eigenvalue weighted by Crippen LogP contribution is -2.31. The summed E-state index contributed by atoms with van der Waals surface area (Å²) in [4.78, 5) is 15.9. The second-order valence-electron chi connectivity index (χ2n) is 3.63. The van der Waals surface area contributed by atoms with Crippen LogP contribution in [0.2, 0.25) is 0 Å². The average Bonchev–Trinajstić information content (AvgIpc) is 2.30. The Labute approximate surface area is 83.5 Å². The van der Waals surface area contributed by atoms with Crippen LogP contribution in [-0.4, -0.2) is 23.9 Å². The third-order valence-corrected chi connectivity index (χ3v) is 2.66. The normalized spacial score (nSPS) is 18.0. The van der Waals surface area contributed by atoms with E-state index in [0.29, 0.717) is 0 Å². The maximum atomic E-state index is 11.9. The van der Waals surface area contributed by atoms with Crippen LogP contribution in [0, 0.1) is 5.92 Å². The van der Waals surface area contributed by atoms with Gasteiger partial charge in [0.2, 0.25) is 0 Å². The van der Waals surface area contributed by atoms with Crippen molar-refractivity contribution in [1.82, 2.24) is 10.3 Å². The molecular weight excluding hydrogens is 176 g/mol. The van der Waals surface area contributed by atoms with Crippen molar-refractivity contribution >= 4 is 5.78 Å². The molecule has 1 aromatic rings. The van der Waals surface area contributed by atoms with Gasteiger partial charge >= 0.3 is 0 Å². The fraction of sp³-hybridized carbons (Fsp3) is 0.455. The quantitative estimate of drug-likeness (QED) is 0.714. The minimum absolute atomic E-state index is 0.195. The second kappa shape index (κ2) is 4.33. The number of piperidine rings is 1. The van der Waals surface area contributed by atoms with Crippen molar-refractivity contribution in [3.63, 3.8) is 0 Å². The van der Waals surface area contributed by atoms with Crippen LogP contribution >= 0.6 is 0 Å². The molecule has 0 amide bonds. The van der Waals surface area contributed by atoms with E-state index < -0.39 is 0 Å². The molecule has 3 nitrogen and oxygen atoms in total. The fourth-order valence-corrected chi connectivity index (χ4v) is 1.83. The van der Waals surface area contributed by atoms with E-state index in [0.717, 1.165) is 31.5 Å². The van der Waals surface area contributed by atoms with Gasteiger partial charge in [0.15, 0.2) is 5.78 Å². The van der Waals surface area contributed by atoms with Crippen molar-refractivity contribution in [2.24, 2.45) is 5.92 Å². The number of pyridine rings is 1. The zero-order valence-corrected chi connectivity index (χ0v) is 8.07. The van der Waals surface area contributed by atoms with Crippen LogP contribution in [0.5, 0.6) is 0 Å². The van der Waals surface area contributed by atoms with E-state index in [1.54, 1.807) is 12.4 Å². The Morgan fingerprint density at radius 3 is 2.86 bits per heavy atom. The summed E-state index contributed by atoms with van der Waals surface area (Å²) in [6.07, 6.45) is 5.25. The predicted molar refractivity (Wildman–Crippen MR) is 54.2 cm³/mol. The molecule has 2 heterocycles. The third kappa shape index (κ3) is 1.99. The minimum atomic E-state index is 0.195. The Hall–Kier alpha value is -1.22. The molecule has 1 aromatic heterocycles. The van der Waals surface area contributed by atoms with E-state index in [9.17, 15) is 4.79 Å². The van der Waals surface area contributed by atoms with Crippen LogP contribution in [0.4, 0.5) is 0 Å². The summed E-state index contributed by atoms with van der Waals surface area (Å²) in [5, 5.41) is 3.25. The van der Waals surface area contributed by atoms with Crippen LogP contribution in [0.3, 0.4) is 0 Å². The van der Waals surface area contributed by atoms with E-state index in [2.05, 4.69) is 10.3 Å². The highest BCUT2D eigenvalue weighted by Crippen LogP contribution is 2.17. The summed E-state index contributed by atoms with van der Waals surface area (Å²) in [5.41, 5.74) is 0.749. The summed E-state index contributed by atoms with van der Waals surface area (Å²) < 4.78 is 0. The predicted octanol–water partition coefficient (Wildman–Crippen LogP) is 1.26. The molecule has 0 aromatic carbocycles. The summed E-state index contributed by atoms with van der Waals surface area (Å²) in [6.45, 7) is 1.91. The van der Waals surface area contributed by atoms with Gasteiger partial charge in [0.25, 0.3) is 0 Å². The molecule has 1 saturated heterocycles. The smallest absolute Gasteiger partial charge is 0.167 e. The number of carbonyl (C=O) groups excluding carboxylic acids is 1. The van der Waals surface area contributed by atoms with Crippen molar-refractivity contribution in [3.8, 4) is 0 Å². The van der Waals surface area contributed by atoms with Crippen LogP contribution < -0.4 is 5.32 Å². The maximum Gasteiger partial charge on any atom is 0.167 e. The second-order valence-corrected chi connectivity index (χ2v) is 3.63. The van der Waals surface area contributed by atoms with Crippen molar-refractivity contribution in [3.05, 3.63) is 30.1 Å². The molecule has 2 rings (SSSR count). The molecular formula is C11H14N2O. The standard InChI is InChI=1S/C11H14N2O/c14-11(9-3-6-12-7-4-9)10-2-1-5-13-8-10/h1-2,5,8-9,12H,3-4,6-7H2. The molecule has 0 aliphatic carbocycles. The average molecular weight is 190 g/mol. The van der Waals surface area contributed by atoms with Gasteiger partial charge in [-0.2, -0.15) is 0 Å². The minimum Gasteiger partial charge on any atom is -0.317 e. The first-order valence-corrected chi connectivity index (χ1v) is 5.03. The van der Waals surface area contributed by atoms with Crippen LogP contribution in [0.1, 0.15) is 23.2 Å². The van der Waals surface area contributed by atoms with Gasteiger partial charge in [0.1, 0.15) is 0 Å². The molecule has 0 radical (unpaired) electrons. The highest BCUT2D eigenvalue weighted by molar-refractivity contribution is 5.97. The number of aromatic nitrogens is 1. The molecule has 1 aliphatic rings. The molecule has 0 unspecified atom stereocenters. The number of hydrogen-bond acceptors (Lipinski definition) is 3. The fourth-order valence-electron chi connectivity index (χ4n) is 1.83. The number of Topliss-reactive ketones (excluding diaryl/α,β-unsaturated/α-hetero) is 1.